The molecule has 0 aliphatic carbocycles. The number of carbonyl (C=O) groups is 2. The van der Waals surface area contributed by atoms with Gasteiger partial charge < -0.3 is 24.9 Å². The molecule has 0 unspecified atom stereocenters. The van der Waals surface area contributed by atoms with Gasteiger partial charge in [0, 0.05) is 23.4 Å². The highest BCUT2D eigenvalue weighted by Crippen LogP contribution is 2.51. The van der Waals surface area contributed by atoms with Crippen LogP contribution in [0.2, 0.25) is 0 Å². The fourth-order valence-electron chi connectivity index (χ4n) is 4.19. The monoisotopic (exact) mass is 489 g/mol. The van der Waals surface area contributed by atoms with E-state index in [9.17, 15) is 24.4 Å². The van der Waals surface area contributed by atoms with Crippen LogP contribution in [0.25, 0.3) is 10.4 Å². The number of phosphoric ester groups is 1. The summed E-state index contributed by atoms with van der Waals surface area (Å²) in [5.74, 6) is -2.21. The molecule has 2 aliphatic heterocycles. The third-order valence-corrected chi connectivity index (χ3v) is 8.14. The average molecular weight is 489 g/mol. The number of rotatable bonds is 8. The number of aliphatic carboxylic acids is 1. The van der Waals surface area contributed by atoms with Crippen molar-refractivity contribution in [3.05, 3.63) is 23.1 Å². The van der Waals surface area contributed by atoms with Crippen LogP contribution in [0.4, 0.5) is 0 Å². The molecule has 1 fully saturated rings. The third-order valence-electron chi connectivity index (χ3n) is 5.40. The minimum Gasteiger partial charge on any atom is -0.477 e. The molecule has 0 aromatic carbocycles. The SMILES string of the molecule is C[C@@H](O)[C@H]1C(=O)N2C(C(=O)O)=C(c3cn4cnc(SCCOP(=O)(O)O)c4s3)[C@H](C)[C@H]12. The number of fused-ring (bicyclic) bond motifs is 2. The molecule has 0 radical (unpaired) electrons. The lowest BCUT2D eigenvalue weighted by Gasteiger charge is -2.46. The number of thioether (sulfide) groups is 1. The fourth-order valence-corrected chi connectivity index (χ4v) is 6.77. The molecule has 168 valence electrons. The molecule has 1 saturated heterocycles. The van der Waals surface area contributed by atoms with E-state index in [-0.39, 0.29) is 29.9 Å². The molecule has 0 bridgehead atoms. The van der Waals surface area contributed by atoms with Crippen LogP contribution >= 0.6 is 30.9 Å². The number of imidazole rings is 1. The van der Waals surface area contributed by atoms with E-state index >= 15 is 0 Å². The van der Waals surface area contributed by atoms with E-state index in [0.29, 0.717) is 15.5 Å². The Morgan fingerprint density at radius 2 is 2.16 bits per heavy atom. The molecule has 0 saturated carbocycles. The van der Waals surface area contributed by atoms with Crippen LogP contribution in [0.5, 0.6) is 0 Å². The van der Waals surface area contributed by atoms with Crippen molar-refractivity contribution >= 4 is 53.2 Å². The number of phosphoric acid groups is 1. The number of nitrogens with zero attached hydrogens (tertiary/aromatic N) is 3. The van der Waals surface area contributed by atoms with E-state index in [2.05, 4.69) is 9.51 Å². The van der Waals surface area contributed by atoms with E-state index in [1.165, 1.54) is 34.9 Å². The Balaban J connectivity index is 1.63. The fraction of sp³-hybridized carbons (Fsp3) is 0.471. The molecule has 4 atom stereocenters. The van der Waals surface area contributed by atoms with Gasteiger partial charge in [-0.3, -0.25) is 13.7 Å². The Labute approximate surface area is 184 Å². The maximum Gasteiger partial charge on any atom is 0.469 e. The number of aliphatic hydroxyl groups excluding tert-OH is 1. The van der Waals surface area contributed by atoms with Crippen molar-refractivity contribution in [1.82, 2.24) is 14.3 Å². The van der Waals surface area contributed by atoms with Gasteiger partial charge >= 0.3 is 13.8 Å². The molecule has 2 aromatic rings. The summed E-state index contributed by atoms with van der Waals surface area (Å²) in [7, 11) is -4.53. The van der Waals surface area contributed by atoms with Gasteiger partial charge in [-0.15, -0.1) is 23.1 Å². The average Bonchev–Trinajstić information content (AvgIpc) is 3.28. The quantitative estimate of drug-likeness (QED) is 0.184. The number of thiazole rings is 1. The Morgan fingerprint density at radius 3 is 2.77 bits per heavy atom. The van der Waals surface area contributed by atoms with Crippen LogP contribution in [0.1, 0.15) is 18.7 Å². The summed E-state index contributed by atoms with van der Waals surface area (Å²) in [6.45, 7) is 3.23. The molecule has 4 N–H and O–H groups in total. The van der Waals surface area contributed by atoms with Gasteiger partial charge in [0.05, 0.1) is 29.5 Å². The van der Waals surface area contributed by atoms with Gasteiger partial charge in [-0.2, -0.15) is 0 Å². The number of hydrogen-bond donors (Lipinski definition) is 4. The smallest absolute Gasteiger partial charge is 0.469 e. The van der Waals surface area contributed by atoms with E-state index < -0.39 is 31.9 Å². The number of aliphatic hydroxyl groups is 1. The third kappa shape index (κ3) is 3.84. The van der Waals surface area contributed by atoms with Crippen molar-refractivity contribution in [1.29, 1.82) is 0 Å². The molecule has 11 nitrogen and oxygen atoms in total. The van der Waals surface area contributed by atoms with Crippen LogP contribution in [0, 0.1) is 11.8 Å². The van der Waals surface area contributed by atoms with Crippen molar-refractivity contribution in [2.75, 3.05) is 12.4 Å². The molecule has 2 aliphatic rings. The lowest BCUT2D eigenvalue weighted by Crippen LogP contribution is -2.63. The molecule has 14 heteroatoms. The number of carboxylic acid groups (broad SMARTS) is 1. The second kappa shape index (κ2) is 8.00. The van der Waals surface area contributed by atoms with Crippen molar-refractivity contribution in [3.63, 3.8) is 0 Å². The number of carboxylic acids is 1. The van der Waals surface area contributed by atoms with E-state index in [1.807, 2.05) is 6.92 Å². The summed E-state index contributed by atoms with van der Waals surface area (Å²) in [6.07, 6.45) is 2.46. The van der Waals surface area contributed by atoms with Gasteiger partial charge in [0.2, 0.25) is 5.91 Å². The molecule has 0 spiro atoms. The summed E-state index contributed by atoms with van der Waals surface area (Å²) in [6, 6.07) is -0.396. The highest BCUT2D eigenvalue weighted by molar-refractivity contribution is 7.99. The van der Waals surface area contributed by atoms with Crippen LogP contribution < -0.4 is 0 Å². The largest absolute Gasteiger partial charge is 0.477 e. The molecule has 4 heterocycles. The van der Waals surface area contributed by atoms with Crippen LogP contribution in [0.3, 0.4) is 0 Å². The Bertz CT molecular complexity index is 1140. The molecular formula is C17H20N3O8PS2. The van der Waals surface area contributed by atoms with Crippen molar-refractivity contribution in [3.8, 4) is 0 Å². The summed E-state index contributed by atoms with van der Waals surface area (Å²) in [5, 5.41) is 20.4. The normalized spacial score (nSPS) is 24.6. The first kappa shape index (κ1) is 22.5. The lowest BCUT2D eigenvalue weighted by molar-refractivity contribution is -0.163. The molecule has 4 rings (SSSR count). The number of aromatic nitrogens is 2. The Kier molecular flexibility index (Phi) is 5.80. The van der Waals surface area contributed by atoms with Gasteiger partial charge in [-0.1, -0.05) is 6.92 Å². The Morgan fingerprint density at radius 1 is 1.45 bits per heavy atom. The minimum atomic E-state index is -4.53. The van der Waals surface area contributed by atoms with Gasteiger partial charge in [-0.05, 0) is 6.92 Å². The van der Waals surface area contributed by atoms with E-state index in [1.54, 1.807) is 16.9 Å². The van der Waals surface area contributed by atoms with Crippen molar-refractivity contribution < 1.29 is 38.7 Å². The van der Waals surface area contributed by atoms with Gasteiger partial charge in [0.25, 0.3) is 0 Å². The zero-order valence-electron chi connectivity index (χ0n) is 16.4. The van der Waals surface area contributed by atoms with Crippen LogP contribution in [0.15, 0.2) is 23.2 Å². The highest BCUT2D eigenvalue weighted by Gasteiger charge is 2.60. The van der Waals surface area contributed by atoms with Gasteiger partial charge in [0.15, 0.2) is 0 Å². The van der Waals surface area contributed by atoms with E-state index in [4.69, 9.17) is 9.79 Å². The molecule has 1 amide bonds. The number of β-lactam (4-membered cyclic amide) rings is 1. The summed E-state index contributed by atoms with van der Waals surface area (Å²) >= 11 is 2.58. The zero-order valence-corrected chi connectivity index (χ0v) is 18.9. The number of amides is 1. The first-order valence-electron chi connectivity index (χ1n) is 9.29. The minimum absolute atomic E-state index is 0.0545. The summed E-state index contributed by atoms with van der Waals surface area (Å²) in [4.78, 5) is 49.0. The molecular weight excluding hydrogens is 469 g/mol. The van der Waals surface area contributed by atoms with Gasteiger partial charge in [-0.25, -0.2) is 14.3 Å². The summed E-state index contributed by atoms with van der Waals surface area (Å²) in [5.41, 5.74) is 0.490. The standard InChI is InChI=1S/C17H20N3O8PS2/c1-7-10(13(17(23)24)20-12(7)11(8(2)21)15(20)22)9-5-19-6-18-14(16(19)31-9)30-4-3-28-29(25,26)27/h5-8,11-12,21H,3-4H2,1-2H3,(H,23,24)(H2,25,26,27)/t7-,8+,11+,12+/m0/s1. The number of hydrogen-bond acceptors (Lipinski definition) is 8. The first-order chi connectivity index (χ1) is 14.5. The second-order valence-corrected chi connectivity index (χ2v) is 10.7. The predicted octanol–water partition coefficient (Wildman–Crippen LogP) is 1.25. The van der Waals surface area contributed by atoms with Crippen LogP contribution in [-0.2, 0) is 18.7 Å². The predicted molar refractivity (Wildman–Crippen MR) is 111 cm³/mol. The first-order valence-corrected chi connectivity index (χ1v) is 12.6. The van der Waals surface area contributed by atoms with Crippen LogP contribution in [-0.4, -0.2) is 70.7 Å². The lowest BCUT2D eigenvalue weighted by atomic mass is 9.77. The topological polar surface area (TPSA) is 162 Å². The van der Waals surface area contributed by atoms with Gasteiger partial charge in [0.1, 0.15) is 21.9 Å². The maximum absolute atomic E-state index is 12.5. The Hall–Kier alpha value is -1.73. The highest BCUT2D eigenvalue weighted by atomic mass is 32.2. The van der Waals surface area contributed by atoms with Crippen molar-refractivity contribution in [2.45, 2.75) is 31.0 Å². The van der Waals surface area contributed by atoms with E-state index in [0.717, 1.165) is 4.83 Å². The number of carbonyl (C=O) groups excluding carboxylic acids is 1. The molecule has 31 heavy (non-hydrogen) atoms. The van der Waals surface area contributed by atoms with Crippen molar-refractivity contribution in [2.24, 2.45) is 11.8 Å². The second-order valence-electron chi connectivity index (χ2n) is 7.35. The molecule has 2 aromatic heterocycles. The zero-order chi connectivity index (χ0) is 22.7. The summed E-state index contributed by atoms with van der Waals surface area (Å²) < 4.78 is 16.9. The maximum atomic E-state index is 12.5.